The normalized spacial score (nSPS) is 20.1. The number of nitrogens with zero attached hydrogens (tertiary/aromatic N) is 1. The van der Waals surface area contributed by atoms with Crippen molar-refractivity contribution in [3.05, 3.63) is 45.6 Å². The highest BCUT2D eigenvalue weighted by Crippen LogP contribution is 2.32. The van der Waals surface area contributed by atoms with Crippen molar-refractivity contribution in [1.82, 2.24) is 16.2 Å². The van der Waals surface area contributed by atoms with Gasteiger partial charge in [-0.05, 0) is 61.3 Å². The number of amides is 3. The second-order valence-electron chi connectivity index (χ2n) is 8.50. The first-order chi connectivity index (χ1) is 15.0. The van der Waals surface area contributed by atoms with E-state index in [0.717, 1.165) is 43.8 Å². The monoisotopic (exact) mass is 442 g/mol. The van der Waals surface area contributed by atoms with Crippen molar-refractivity contribution in [2.45, 2.75) is 32.6 Å². The minimum Gasteiger partial charge on any atom is -0.497 e. The van der Waals surface area contributed by atoms with E-state index in [2.05, 4.69) is 34.1 Å². The van der Waals surface area contributed by atoms with Gasteiger partial charge in [0.05, 0.1) is 12.0 Å². The fraction of sp³-hybridized carbons (Fsp3) is 0.478. The number of hydrazine groups is 1. The van der Waals surface area contributed by atoms with Crippen LogP contribution >= 0.6 is 11.3 Å². The summed E-state index contributed by atoms with van der Waals surface area (Å²) < 4.78 is 5.30. The Hall–Kier alpha value is -2.74. The Morgan fingerprint density at radius 1 is 1.23 bits per heavy atom. The van der Waals surface area contributed by atoms with E-state index in [-0.39, 0.29) is 11.9 Å². The Bertz CT molecular complexity index is 945. The van der Waals surface area contributed by atoms with Gasteiger partial charge in [0.1, 0.15) is 5.75 Å². The van der Waals surface area contributed by atoms with Crippen LogP contribution in [0.4, 0.5) is 10.5 Å². The summed E-state index contributed by atoms with van der Waals surface area (Å²) in [6.07, 6.45) is 4.24. The predicted octanol–water partition coefficient (Wildman–Crippen LogP) is 3.35. The second-order valence-corrected chi connectivity index (χ2v) is 9.64. The molecular weight excluding hydrogens is 412 g/mol. The van der Waals surface area contributed by atoms with E-state index < -0.39 is 0 Å². The number of ether oxygens (including phenoxy) is 1. The number of carbonyl (C=O) groups excluding carboxylic acids is 2. The molecular formula is C23H30N4O3S. The van der Waals surface area contributed by atoms with Crippen molar-refractivity contribution >= 4 is 29.0 Å². The van der Waals surface area contributed by atoms with Gasteiger partial charge in [0, 0.05) is 36.3 Å². The van der Waals surface area contributed by atoms with Crippen LogP contribution in [0.15, 0.2) is 30.3 Å². The lowest BCUT2D eigenvalue weighted by molar-refractivity contribution is 0.0940. The molecule has 2 unspecified atom stereocenters. The third-order valence-electron chi connectivity index (χ3n) is 6.10. The van der Waals surface area contributed by atoms with Gasteiger partial charge < -0.3 is 15.0 Å². The number of fused-ring (bicyclic) bond motifs is 1. The van der Waals surface area contributed by atoms with Crippen LogP contribution in [-0.2, 0) is 12.8 Å². The molecule has 1 aliphatic heterocycles. The average Bonchev–Trinajstić information content (AvgIpc) is 3.43. The van der Waals surface area contributed by atoms with Crippen LogP contribution in [0.25, 0.3) is 0 Å². The average molecular weight is 443 g/mol. The maximum atomic E-state index is 12.4. The van der Waals surface area contributed by atoms with Gasteiger partial charge in [0.15, 0.2) is 0 Å². The molecule has 3 N–H and O–H groups in total. The first-order valence-electron chi connectivity index (χ1n) is 10.9. The molecule has 8 heteroatoms. The number of aryl methyl sites for hydroxylation is 1. The minimum absolute atomic E-state index is 0.257. The highest BCUT2D eigenvalue weighted by atomic mass is 32.1. The van der Waals surface area contributed by atoms with Gasteiger partial charge in [0.2, 0.25) is 0 Å². The Morgan fingerprint density at radius 3 is 2.94 bits per heavy atom. The molecule has 0 radical (unpaired) electrons. The van der Waals surface area contributed by atoms with Crippen LogP contribution in [0, 0.1) is 11.8 Å². The number of carbonyl (C=O) groups is 2. The number of hydrogen-bond donors (Lipinski definition) is 3. The molecule has 2 heterocycles. The van der Waals surface area contributed by atoms with Crippen LogP contribution < -0.4 is 25.8 Å². The second kappa shape index (κ2) is 9.60. The predicted molar refractivity (Wildman–Crippen MR) is 123 cm³/mol. The lowest BCUT2D eigenvalue weighted by Gasteiger charge is -2.19. The summed E-state index contributed by atoms with van der Waals surface area (Å²) in [6, 6.07) is 9.60. The Balaban J connectivity index is 1.20. The number of methoxy groups -OCH3 is 1. The molecule has 31 heavy (non-hydrogen) atoms. The number of hydrogen-bond acceptors (Lipinski definition) is 5. The molecule has 7 nitrogen and oxygen atoms in total. The van der Waals surface area contributed by atoms with Gasteiger partial charge in [-0.1, -0.05) is 13.0 Å². The molecule has 4 rings (SSSR count). The van der Waals surface area contributed by atoms with E-state index in [9.17, 15) is 9.59 Å². The van der Waals surface area contributed by atoms with E-state index >= 15 is 0 Å². The number of nitrogens with one attached hydrogen (secondary N) is 3. The standard InChI is InChI=1S/C23H30N4O3S/c1-15-6-7-20-17(10-15)11-21(31-20)22(28)25-26-23(29)24-13-16-8-9-27(14-16)18-4-3-5-19(12-18)30-2/h3-5,11-12,15-16H,6-10,13-14H2,1-2H3,(H,25,28)(H2,24,26,29). The molecule has 1 saturated heterocycles. The third kappa shape index (κ3) is 5.31. The van der Waals surface area contributed by atoms with Crippen molar-refractivity contribution in [3.63, 3.8) is 0 Å². The van der Waals surface area contributed by atoms with Crippen LogP contribution in [0.5, 0.6) is 5.75 Å². The van der Waals surface area contributed by atoms with Crippen LogP contribution in [-0.4, -0.2) is 38.7 Å². The zero-order valence-electron chi connectivity index (χ0n) is 18.1. The summed E-state index contributed by atoms with van der Waals surface area (Å²) in [4.78, 5) is 28.8. The first kappa shape index (κ1) is 21.5. The molecule has 166 valence electrons. The lowest BCUT2D eigenvalue weighted by atomic mass is 9.90. The van der Waals surface area contributed by atoms with Crippen molar-refractivity contribution in [2.75, 3.05) is 31.6 Å². The van der Waals surface area contributed by atoms with Gasteiger partial charge >= 0.3 is 6.03 Å². The van der Waals surface area contributed by atoms with Gasteiger partial charge in [-0.15, -0.1) is 11.3 Å². The minimum atomic E-state index is -0.386. The van der Waals surface area contributed by atoms with Gasteiger partial charge in [0.25, 0.3) is 5.91 Å². The Labute approximate surface area is 187 Å². The summed E-state index contributed by atoms with van der Waals surface area (Å²) in [5.41, 5.74) is 7.41. The summed E-state index contributed by atoms with van der Waals surface area (Å²) in [6.45, 7) is 4.62. The molecule has 1 aromatic heterocycles. The fourth-order valence-corrected chi connectivity index (χ4v) is 5.42. The van der Waals surface area contributed by atoms with Gasteiger partial charge in [-0.25, -0.2) is 10.2 Å². The SMILES string of the molecule is COc1cccc(N2CCC(CNC(=O)NNC(=O)c3cc4c(s3)CCC(C)C4)C2)c1. The molecule has 1 aromatic carbocycles. The van der Waals surface area contributed by atoms with Crippen molar-refractivity contribution < 1.29 is 14.3 Å². The van der Waals surface area contributed by atoms with Crippen molar-refractivity contribution in [2.24, 2.45) is 11.8 Å². The number of anilines is 1. The van der Waals surface area contributed by atoms with E-state index in [1.807, 2.05) is 24.3 Å². The number of thiophene rings is 1. The van der Waals surface area contributed by atoms with E-state index in [0.29, 0.717) is 23.3 Å². The van der Waals surface area contributed by atoms with Crippen LogP contribution in [0.3, 0.4) is 0 Å². The molecule has 3 amide bonds. The summed E-state index contributed by atoms with van der Waals surface area (Å²) >= 11 is 1.53. The maximum absolute atomic E-state index is 12.4. The molecule has 1 fully saturated rings. The van der Waals surface area contributed by atoms with E-state index in [1.54, 1.807) is 7.11 Å². The molecule has 2 aromatic rings. The van der Waals surface area contributed by atoms with Crippen LogP contribution in [0.1, 0.15) is 39.9 Å². The molecule has 2 aliphatic rings. The van der Waals surface area contributed by atoms with E-state index in [4.69, 9.17) is 4.74 Å². The largest absolute Gasteiger partial charge is 0.497 e. The molecule has 0 saturated carbocycles. The highest BCUT2D eigenvalue weighted by molar-refractivity contribution is 7.14. The summed E-state index contributed by atoms with van der Waals surface area (Å²) in [7, 11) is 1.67. The molecule has 0 spiro atoms. The topological polar surface area (TPSA) is 82.7 Å². The number of benzene rings is 1. The van der Waals surface area contributed by atoms with E-state index in [1.165, 1.54) is 28.2 Å². The number of urea groups is 1. The molecule has 2 atom stereocenters. The van der Waals surface area contributed by atoms with Crippen molar-refractivity contribution in [3.8, 4) is 5.75 Å². The smallest absolute Gasteiger partial charge is 0.333 e. The highest BCUT2D eigenvalue weighted by Gasteiger charge is 2.24. The quantitative estimate of drug-likeness (QED) is 0.620. The lowest BCUT2D eigenvalue weighted by Crippen LogP contribution is -2.47. The van der Waals surface area contributed by atoms with Gasteiger partial charge in [-0.2, -0.15) is 0 Å². The maximum Gasteiger partial charge on any atom is 0.333 e. The summed E-state index contributed by atoms with van der Waals surface area (Å²) in [5, 5.41) is 2.87. The Kier molecular flexibility index (Phi) is 6.65. The molecule has 1 aliphatic carbocycles. The number of rotatable bonds is 5. The Morgan fingerprint density at radius 2 is 2.10 bits per heavy atom. The third-order valence-corrected chi connectivity index (χ3v) is 7.33. The van der Waals surface area contributed by atoms with Crippen molar-refractivity contribution in [1.29, 1.82) is 0 Å². The van der Waals surface area contributed by atoms with Crippen LogP contribution in [0.2, 0.25) is 0 Å². The molecule has 0 bridgehead atoms. The fourth-order valence-electron chi connectivity index (χ4n) is 4.32. The summed E-state index contributed by atoms with van der Waals surface area (Å²) in [5.74, 6) is 1.61. The zero-order chi connectivity index (χ0) is 21.8. The first-order valence-corrected chi connectivity index (χ1v) is 11.7. The zero-order valence-corrected chi connectivity index (χ0v) is 18.9. The van der Waals surface area contributed by atoms with Gasteiger partial charge in [-0.3, -0.25) is 10.2 Å².